The zero-order valence-corrected chi connectivity index (χ0v) is 15.7. The molecule has 0 saturated carbocycles. The van der Waals surface area contributed by atoms with Gasteiger partial charge in [0.15, 0.2) is 0 Å². The number of rotatable bonds is 5. The predicted molar refractivity (Wildman–Crippen MR) is 107 cm³/mol. The van der Waals surface area contributed by atoms with Crippen molar-refractivity contribution in [3.05, 3.63) is 102 Å². The minimum atomic E-state index is -1.34. The molecular formula is C24H20O4. The number of benzene rings is 3. The van der Waals surface area contributed by atoms with Crippen LogP contribution in [0.3, 0.4) is 0 Å². The molecule has 3 aromatic carbocycles. The van der Waals surface area contributed by atoms with Crippen LogP contribution in [0.15, 0.2) is 84.9 Å². The Labute approximate surface area is 164 Å². The molecule has 0 saturated heterocycles. The highest BCUT2D eigenvalue weighted by molar-refractivity contribution is 6.28. The van der Waals surface area contributed by atoms with E-state index < -0.39 is 11.8 Å². The number of hydrogen-bond donors (Lipinski definition) is 0. The predicted octanol–water partition coefficient (Wildman–Crippen LogP) is 4.66. The van der Waals surface area contributed by atoms with Crippen LogP contribution in [0.1, 0.15) is 16.7 Å². The van der Waals surface area contributed by atoms with Crippen LogP contribution in [0, 0.1) is 0 Å². The largest absolute Gasteiger partial charge is 0.497 e. The highest BCUT2D eigenvalue weighted by Crippen LogP contribution is 2.50. The molecule has 0 bridgehead atoms. The highest BCUT2D eigenvalue weighted by Gasteiger charge is 2.50. The molecule has 1 aliphatic heterocycles. The summed E-state index contributed by atoms with van der Waals surface area (Å²) in [5, 5.41) is 0. The standard InChI is InChI=1S/C24H20O4/c1-26-20-15-13-19(14-16-20)24(27-2)22(18-11-7-4-8-12-18)21(23(25)28-24)17-9-5-3-6-10-17/h3-16H,1-2H3. The van der Waals surface area contributed by atoms with Crippen molar-refractivity contribution in [3.63, 3.8) is 0 Å². The fraction of sp³-hybridized carbons (Fsp3) is 0.125. The van der Waals surface area contributed by atoms with Crippen LogP contribution in [0.25, 0.3) is 11.1 Å². The molecule has 140 valence electrons. The topological polar surface area (TPSA) is 44.8 Å². The Balaban J connectivity index is 2.00. The van der Waals surface area contributed by atoms with E-state index in [-0.39, 0.29) is 0 Å². The van der Waals surface area contributed by atoms with Gasteiger partial charge in [-0.25, -0.2) is 4.79 Å². The maximum absolute atomic E-state index is 13.0. The minimum absolute atomic E-state index is 0.414. The first kappa shape index (κ1) is 18.0. The van der Waals surface area contributed by atoms with Gasteiger partial charge in [-0.15, -0.1) is 0 Å². The van der Waals surface area contributed by atoms with Gasteiger partial charge in [0.1, 0.15) is 5.75 Å². The molecule has 0 N–H and O–H groups in total. The lowest BCUT2D eigenvalue weighted by molar-refractivity contribution is -0.188. The first-order valence-corrected chi connectivity index (χ1v) is 8.98. The van der Waals surface area contributed by atoms with Crippen LogP contribution in [0.2, 0.25) is 0 Å². The van der Waals surface area contributed by atoms with Gasteiger partial charge in [-0.2, -0.15) is 0 Å². The molecule has 3 aromatic rings. The summed E-state index contributed by atoms with van der Waals surface area (Å²) in [6.45, 7) is 0. The van der Waals surface area contributed by atoms with Gasteiger partial charge in [-0.3, -0.25) is 0 Å². The van der Waals surface area contributed by atoms with E-state index in [1.54, 1.807) is 14.2 Å². The Morgan fingerprint density at radius 2 is 1.32 bits per heavy atom. The van der Waals surface area contributed by atoms with Crippen molar-refractivity contribution >= 4 is 17.1 Å². The molecule has 0 aliphatic carbocycles. The van der Waals surface area contributed by atoms with Gasteiger partial charge < -0.3 is 14.2 Å². The minimum Gasteiger partial charge on any atom is -0.497 e. The second kappa shape index (κ2) is 7.33. The summed E-state index contributed by atoms with van der Waals surface area (Å²) < 4.78 is 17.1. The second-order valence-electron chi connectivity index (χ2n) is 6.42. The van der Waals surface area contributed by atoms with Gasteiger partial charge in [0, 0.05) is 12.7 Å². The van der Waals surface area contributed by atoms with E-state index in [2.05, 4.69) is 0 Å². The van der Waals surface area contributed by atoms with Crippen LogP contribution < -0.4 is 4.74 Å². The first-order chi connectivity index (χ1) is 13.7. The van der Waals surface area contributed by atoms with Crippen molar-refractivity contribution in [2.24, 2.45) is 0 Å². The molecule has 4 heteroatoms. The number of ether oxygens (including phenoxy) is 3. The Hall–Kier alpha value is -3.37. The molecule has 4 rings (SSSR count). The van der Waals surface area contributed by atoms with Crippen molar-refractivity contribution in [1.29, 1.82) is 0 Å². The molecule has 4 nitrogen and oxygen atoms in total. The molecule has 0 spiro atoms. The van der Waals surface area contributed by atoms with E-state index in [9.17, 15) is 4.79 Å². The molecule has 28 heavy (non-hydrogen) atoms. The number of carbonyl (C=O) groups excluding carboxylic acids is 1. The Morgan fingerprint density at radius 3 is 1.86 bits per heavy atom. The summed E-state index contributed by atoms with van der Waals surface area (Å²) in [5.41, 5.74) is 3.57. The first-order valence-electron chi connectivity index (χ1n) is 8.98. The van der Waals surface area contributed by atoms with E-state index in [0.717, 1.165) is 11.1 Å². The maximum Gasteiger partial charge on any atom is 0.342 e. The summed E-state index contributed by atoms with van der Waals surface area (Å²) in [6.07, 6.45) is 0. The lowest BCUT2D eigenvalue weighted by Crippen LogP contribution is -2.31. The third kappa shape index (κ3) is 2.88. The van der Waals surface area contributed by atoms with Crippen molar-refractivity contribution in [2.45, 2.75) is 5.79 Å². The molecule has 0 amide bonds. The average Bonchev–Trinajstić information content (AvgIpc) is 3.08. The molecule has 0 aromatic heterocycles. The highest BCUT2D eigenvalue weighted by atomic mass is 16.7. The Kier molecular flexibility index (Phi) is 4.72. The summed E-state index contributed by atoms with van der Waals surface area (Å²) in [7, 11) is 3.16. The smallest absolute Gasteiger partial charge is 0.342 e. The SMILES string of the molecule is COc1ccc(C2(OC)OC(=O)C(c3ccccc3)=C2c2ccccc2)cc1. The fourth-order valence-electron chi connectivity index (χ4n) is 3.58. The zero-order chi connectivity index (χ0) is 19.6. The lowest BCUT2D eigenvalue weighted by atomic mass is 9.87. The van der Waals surface area contributed by atoms with Gasteiger partial charge in [0.25, 0.3) is 5.79 Å². The number of esters is 1. The van der Waals surface area contributed by atoms with E-state index in [1.807, 2.05) is 84.9 Å². The van der Waals surface area contributed by atoms with E-state index >= 15 is 0 Å². The molecular weight excluding hydrogens is 352 g/mol. The van der Waals surface area contributed by atoms with Crippen LogP contribution in [0.5, 0.6) is 5.75 Å². The molecule has 0 radical (unpaired) electrons. The molecule has 1 atom stereocenters. The summed E-state index contributed by atoms with van der Waals surface area (Å²) in [4.78, 5) is 13.0. The normalized spacial score (nSPS) is 18.9. The Morgan fingerprint density at radius 1 is 0.750 bits per heavy atom. The number of cyclic esters (lactones) is 1. The molecule has 1 unspecified atom stereocenters. The van der Waals surface area contributed by atoms with E-state index in [4.69, 9.17) is 14.2 Å². The monoisotopic (exact) mass is 372 g/mol. The third-order valence-corrected chi connectivity index (χ3v) is 4.90. The number of carbonyl (C=O) groups is 1. The van der Waals surface area contributed by atoms with Crippen molar-refractivity contribution in [3.8, 4) is 5.75 Å². The molecule has 1 heterocycles. The van der Waals surface area contributed by atoms with Gasteiger partial charge in [0.2, 0.25) is 0 Å². The zero-order valence-electron chi connectivity index (χ0n) is 15.7. The molecule has 1 aliphatic rings. The van der Waals surface area contributed by atoms with Gasteiger partial charge >= 0.3 is 5.97 Å². The fourth-order valence-corrected chi connectivity index (χ4v) is 3.58. The van der Waals surface area contributed by atoms with E-state index in [0.29, 0.717) is 22.5 Å². The summed E-state index contributed by atoms with van der Waals surface area (Å²) in [5.74, 6) is -1.04. The maximum atomic E-state index is 13.0. The quantitative estimate of drug-likeness (QED) is 0.611. The van der Waals surface area contributed by atoms with Crippen LogP contribution in [0.4, 0.5) is 0 Å². The van der Waals surface area contributed by atoms with Crippen LogP contribution in [-0.4, -0.2) is 20.2 Å². The third-order valence-electron chi connectivity index (χ3n) is 4.90. The number of hydrogen-bond acceptors (Lipinski definition) is 4. The molecule has 0 fully saturated rings. The van der Waals surface area contributed by atoms with Gasteiger partial charge in [-0.1, -0.05) is 60.7 Å². The summed E-state index contributed by atoms with van der Waals surface area (Å²) in [6, 6.07) is 26.6. The van der Waals surface area contributed by atoms with E-state index in [1.165, 1.54) is 0 Å². The number of methoxy groups -OCH3 is 2. The van der Waals surface area contributed by atoms with Gasteiger partial charge in [-0.05, 0) is 35.4 Å². The van der Waals surface area contributed by atoms with Crippen molar-refractivity contribution in [1.82, 2.24) is 0 Å². The second-order valence-corrected chi connectivity index (χ2v) is 6.42. The summed E-state index contributed by atoms with van der Waals surface area (Å²) >= 11 is 0. The van der Waals surface area contributed by atoms with Crippen molar-refractivity contribution in [2.75, 3.05) is 14.2 Å². The lowest BCUT2D eigenvalue weighted by Gasteiger charge is -2.30. The Bertz CT molecular complexity index is 1010. The van der Waals surface area contributed by atoms with Crippen molar-refractivity contribution < 1.29 is 19.0 Å². The average molecular weight is 372 g/mol. The van der Waals surface area contributed by atoms with Crippen LogP contribution in [-0.2, 0) is 20.1 Å². The van der Waals surface area contributed by atoms with Gasteiger partial charge in [0.05, 0.1) is 18.3 Å². The van der Waals surface area contributed by atoms with Crippen LogP contribution >= 0.6 is 0 Å².